The molecule has 2 aromatic rings. The maximum absolute atomic E-state index is 13.5. The number of halogens is 2. The number of hydrogen-bond donors (Lipinski definition) is 0. The molecule has 0 bridgehead atoms. The molecule has 0 atom stereocenters. The highest BCUT2D eigenvalue weighted by Gasteiger charge is 2.19. The van der Waals surface area contributed by atoms with E-state index in [1.165, 1.54) is 12.1 Å². The molecule has 0 fully saturated rings. The van der Waals surface area contributed by atoms with E-state index in [0.29, 0.717) is 6.07 Å². The molecule has 0 aliphatic rings. The van der Waals surface area contributed by atoms with Gasteiger partial charge in [0.25, 0.3) is 0 Å². The summed E-state index contributed by atoms with van der Waals surface area (Å²) in [4.78, 5) is 10.4. The lowest BCUT2D eigenvalue weighted by atomic mass is 10.1. The number of nitro groups is 1. The monoisotopic (exact) mass is 279 g/mol. The molecule has 4 nitrogen and oxygen atoms in total. The summed E-state index contributed by atoms with van der Waals surface area (Å²) in [5.74, 6) is -2.01. The smallest absolute Gasteiger partial charge is 0.311 e. The number of nitro benzene ring substituents is 1. The molecule has 104 valence electrons. The third kappa shape index (κ3) is 2.74. The van der Waals surface area contributed by atoms with Gasteiger partial charge in [-0.1, -0.05) is 0 Å². The highest BCUT2D eigenvalue weighted by molar-refractivity contribution is 5.53. The average Bonchev–Trinajstić information content (AvgIpc) is 2.36. The van der Waals surface area contributed by atoms with Crippen molar-refractivity contribution >= 4 is 5.69 Å². The largest absolute Gasteiger partial charge is 0.447 e. The Bertz CT molecular complexity index is 686. The molecule has 0 aliphatic heterocycles. The van der Waals surface area contributed by atoms with Gasteiger partial charge in [0.15, 0.2) is 11.6 Å². The number of hydrogen-bond acceptors (Lipinski definition) is 3. The molecule has 6 heteroatoms. The van der Waals surface area contributed by atoms with Crippen LogP contribution in [0, 0.1) is 35.6 Å². The van der Waals surface area contributed by atoms with Crippen molar-refractivity contribution in [3.05, 3.63) is 63.2 Å². The van der Waals surface area contributed by atoms with Gasteiger partial charge in [-0.05, 0) is 43.2 Å². The topological polar surface area (TPSA) is 52.4 Å². The maximum Gasteiger partial charge on any atom is 0.311 e. The quantitative estimate of drug-likeness (QED) is 0.622. The van der Waals surface area contributed by atoms with Crippen molar-refractivity contribution in [3.8, 4) is 11.5 Å². The lowest BCUT2D eigenvalue weighted by Crippen LogP contribution is -1.97. The van der Waals surface area contributed by atoms with Gasteiger partial charge in [0.05, 0.1) is 4.92 Å². The standard InChI is InChI=1S/C14H11F2NO3/c1-8-5-12(17(18)19)14(6-9(8)2)20-13-4-3-10(15)7-11(13)16/h3-7H,1-2H3. The van der Waals surface area contributed by atoms with Crippen LogP contribution in [-0.2, 0) is 0 Å². The average molecular weight is 279 g/mol. The Morgan fingerprint density at radius 3 is 2.30 bits per heavy atom. The van der Waals surface area contributed by atoms with Crippen LogP contribution in [0.3, 0.4) is 0 Å². The van der Waals surface area contributed by atoms with Crippen LogP contribution in [0.15, 0.2) is 30.3 Å². The van der Waals surface area contributed by atoms with E-state index in [2.05, 4.69) is 0 Å². The van der Waals surface area contributed by atoms with Crippen LogP contribution >= 0.6 is 0 Å². The van der Waals surface area contributed by atoms with Gasteiger partial charge in [0.1, 0.15) is 5.82 Å². The normalized spacial score (nSPS) is 10.4. The van der Waals surface area contributed by atoms with E-state index in [0.717, 1.165) is 23.3 Å². The number of aryl methyl sites for hydroxylation is 2. The summed E-state index contributed by atoms with van der Waals surface area (Å²) in [6.07, 6.45) is 0. The number of nitrogens with zero attached hydrogens (tertiary/aromatic N) is 1. The number of benzene rings is 2. The molecule has 2 aromatic carbocycles. The Kier molecular flexibility index (Phi) is 3.65. The van der Waals surface area contributed by atoms with E-state index in [4.69, 9.17) is 4.74 Å². The van der Waals surface area contributed by atoms with Crippen molar-refractivity contribution in [2.45, 2.75) is 13.8 Å². The van der Waals surface area contributed by atoms with Crippen molar-refractivity contribution in [1.29, 1.82) is 0 Å². The van der Waals surface area contributed by atoms with E-state index in [1.807, 2.05) is 0 Å². The molecule has 0 spiro atoms. The van der Waals surface area contributed by atoms with Gasteiger partial charge in [-0.3, -0.25) is 10.1 Å². The summed E-state index contributed by atoms with van der Waals surface area (Å²) in [6.45, 7) is 3.48. The van der Waals surface area contributed by atoms with E-state index >= 15 is 0 Å². The van der Waals surface area contributed by atoms with Crippen molar-refractivity contribution in [3.63, 3.8) is 0 Å². The Balaban J connectivity index is 2.47. The highest BCUT2D eigenvalue weighted by Crippen LogP contribution is 2.34. The second-order valence-electron chi connectivity index (χ2n) is 4.34. The summed E-state index contributed by atoms with van der Waals surface area (Å²) in [6, 6.07) is 5.57. The van der Waals surface area contributed by atoms with Crippen molar-refractivity contribution < 1.29 is 18.4 Å². The van der Waals surface area contributed by atoms with Gasteiger partial charge in [0, 0.05) is 12.1 Å². The van der Waals surface area contributed by atoms with Gasteiger partial charge < -0.3 is 4.74 Å². The molecule has 0 saturated carbocycles. The fourth-order valence-corrected chi connectivity index (χ4v) is 1.68. The van der Waals surface area contributed by atoms with Crippen LogP contribution in [-0.4, -0.2) is 4.92 Å². The van der Waals surface area contributed by atoms with Crippen LogP contribution in [0.2, 0.25) is 0 Å². The number of rotatable bonds is 3. The predicted octanol–water partition coefficient (Wildman–Crippen LogP) is 4.28. The molecular weight excluding hydrogens is 268 g/mol. The van der Waals surface area contributed by atoms with Gasteiger partial charge in [-0.15, -0.1) is 0 Å². The van der Waals surface area contributed by atoms with E-state index in [-0.39, 0.29) is 17.2 Å². The molecule has 0 heterocycles. The van der Waals surface area contributed by atoms with E-state index in [9.17, 15) is 18.9 Å². The first kappa shape index (κ1) is 13.9. The van der Waals surface area contributed by atoms with Crippen LogP contribution < -0.4 is 4.74 Å². The van der Waals surface area contributed by atoms with Crippen molar-refractivity contribution in [2.75, 3.05) is 0 Å². The molecule has 0 amide bonds. The minimum atomic E-state index is -0.919. The first-order valence-electron chi connectivity index (χ1n) is 5.77. The third-order valence-electron chi connectivity index (χ3n) is 2.89. The second kappa shape index (κ2) is 5.24. The zero-order valence-electron chi connectivity index (χ0n) is 10.8. The van der Waals surface area contributed by atoms with Crippen LogP contribution in [0.4, 0.5) is 14.5 Å². The van der Waals surface area contributed by atoms with Crippen LogP contribution in [0.25, 0.3) is 0 Å². The first-order valence-corrected chi connectivity index (χ1v) is 5.77. The summed E-state index contributed by atoms with van der Waals surface area (Å²) in [7, 11) is 0. The fourth-order valence-electron chi connectivity index (χ4n) is 1.68. The Labute approximate surface area is 113 Å². The third-order valence-corrected chi connectivity index (χ3v) is 2.89. The minimum absolute atomic E-state index is 0.0800. The summed E-state index contributed by atoms with van der Waals surface area (Å²) in [5, 5.41) is 11.0. The molecule has 0 saturated heterocycles. The summed E-state index contributed by atoms with van der Waals surface area (Å²) >= 11 is 0. The zero-order valence-corrected chi connectivity index (χ0v) is 10.8. The van der Waals surface area contributed by atoms with Crippen LogP contribution in [0.5, 0.6) is 11.5 Å². The fraction of sp³-hybridized carbons (Fsp3) is 0.143. The van der Waals surface area contributed by atoms with E-state index in [1.54, 1.807) is 13.8 Å². The predicted molar refractivity (Wildman–Crippen MR) is 69.0 cm³/mol. The molecule has 0 radical (unpaired) electrons. The molecule has 0 aromatic heterocycles. The zero-order chi connectivity index (χ0) is 14.9. The van der Waals surface area contributed by atoms with Gasteiger partial charge in [0.2, 0.25) is 5.75 Å². The lowest BCUT2D eigenvalue weighted by Gasteiger charge is -2.09. The van der Waals surface area contributed by atoms with Gasteiger partial charge >= 0.3 is 5.69 Å². The summed E-state index contributed by atoms with van der Waals surface area (Å²) < 4.78 is 31.5. The highest BCUT2D eigenvalue weighted by atomic mass is 19.1. The number of ether oxygens (including phenoxy) is 1. The molecule has 20 heavy (non-hydrogen) atoms. The first-order chi connectivity index (χ1) is 9.38. The van der Waals surface area contributed by atoms with Crippen molar-refractivity contribution in [2.24, 2.45) is 0 Å². The molecule has 0 N–H and O–H groups in total. The molecular formula is C14H11F2NO3. The van der Waals surface area contributed by atoms with Gasteiger partial charge in [-0.2, -0.15) is 0 Å². The summed E-state index contributed by atoms with van der Waals surface area (Å²) in [5.41, 5.74) is 1.23. The molecule has 2 rings (SSSR count). The maximum atomic E-state index is 13.5. The lowest BCUT2D eigenvalue weighted by molar-refractivity contribution is -0.385. The minimum Gasteiger partial charge on any atom is -0.447 e. The molecule has 0 unspecified atom stereocenters. The SMILES string of the molecule is Cc1cc(Oc2ccc(F)cc2F)c([N+](=O)[O-])cc1C. The van der Waals surface area contributed by atoms with Crippen molar-refractivity contribution in [1.82, 2.24) is 0 Å². The van der Waals surface area contributed by atoms with E-state index < -0.39 is 16.6 Å². The van der Waals surface area contributed by atoms with Gasteiger partial charge in [-0.25, -0.2) is 8.78 Å². The second-order valence-corrected chi connectivity index (χ2v) is 4.34. The Morgan fingerprint density at radius 2 is 1.70 bits per heavy atom. The Morgan fingerprint density at radius 1 is 1.05 bits per heavy atom. The Hall–Kier alpha value is -2.50. The van der Waals surface area contributed by atoms with Crippen LogP contribution in [0.1, 0.15) is 11.1 Å². The molecule has 0 aliphatic carbocycles.